The van der Waals surface area contributed by atoms with Crippen LogP contribution in [0.15, 0.2) is 53.4 Å². The number of amides is 1. The van der Waals surface area contributed by atoms with Crippen molar-refractivity contribution in [2.24, 2.45) is 0 Å². The Balaban J connectivity index is 1.75. The number of aryl methyl sites for hydroxylation is 1. The molecule has 1 heterocycles. The van der Waals surface area contributed by atoms with E-state index in [1.54, 1.807) is 0 Å². The highest BCUT2D eigenvalue weighted by atomic mass is 32.2. The molecule has 0 aliphatic carbocycles. The first-order valence-corrected chi connectivity index (χ1v) is 10.3. The minimum atomic E-state index is -3.61. The summed E-state index contributed by atoms with van der Waals surface area (Å²) in [4.78, 5) is 12.6. The minimum absolute atomic E-state index is 0.150. The van der Waals surface area contributed by atoms with Crippen LogP contribution in [-0.2, 0) is 14.8 Å². The summed E-state index contributed by atoms with van der Waals surface area (Å²) < 4.78 is 32.8. The molecule has 1 N–H and O–H groups in total. The minimum Gasteiger partial charge on any atom is -0.373 e. The zero-order chi connectivity index (χ0) is 19.6. The Kier molecular flexibility index (Phi) is 5.64. The molecule has 1 amide bonds. The quantitative estimate of drug-likeness (QED) is 0.873. The predicted molar refractivity (Wildman–Crippen MR) is 104 cm³/mol. The van der Waals surface area contributed by atoms with Gasteiger partial charge in [0, 0.05) is 24.3 Å². The van der Waals surface area contributed by atoms with Gasteiger partial charge in [0.1, 0.15) is 0 Å². The van der Waals surface area contributed by atoms with Gasteiger partial charge in [-0.05, 0) is 62.7 Å². The molecule has 0 unspecified atom stereocenters. The van der Waals surface area contributed by atoms with Crippen molar-refractivity contribution >= 4 is 21.6 Å². The molecule has 2 atom stereocenters. The largest absolute Gasteiger partial charge is 0.373 e. The molecular weight excluding hydrogens is 364 g/mol. The Morgan fingerprint density at radius 1 is 1.07 bits per heavy atom. The zero-order valence-electron chi connectivity index (χ0n) is 15.7. The van der Waals surface area contributed by atoms with Crippen LogP contribution < -0.4 is 5.32 Å². The normalized spacial score (nSPS) is 21.0. The summed E-state index contributed by atoms with van der Waals surface area (Å²) in [6, 6.07) is 13.5. The molecule has 2 aromatic rings. The van der Waals surface area contributed by atoms with E-state index < -0.39 is 10.0 Å². The highest BCUT2D eigenvalue weighted by Crippen LogP contribution is 2.22. The van der Waals surface area contributed by atoms with E-state index in [0.717, 1.165) is 5.56 Å². The third kappa shape index (κ3) is 4.55. The van der Waals surface area contributed by atoms with Crippen molar-refractivity contribution < 1.29 is 17.9 Å². The van der Waals surface area contributed by atoms with Crippen LogP contribution in [0.4, 0.5) is 5.69 Å². The number of hydrogen-bond donors (Lipinski definition) is 1. The van der Waals surface area contributed by atoms with Gasteiger partial charge >= 0.3 is 0 Å². The second-order valence-electron chi connectivity index (χ2n) is 6.93. The van der Waals surface area contributed by atoms with Gasteiger partial charge in [0.15, 0.2) is 0 Å². The molecule has 3 rings (SSSR count). The fourth-order valence-corrected chi connectivity index (χ4v) is 4.77. The van der Waals surface area contributed by atoms with Crippen molar-refractivity contribution in [3.63, 3.8) is 0 Å². The van der Waals surface area contributed by atoms with Gasteiger partial charge in [-0.2, -0.15) is 4.31 Å². The van der Waals surface area contributed by atoms with Gasteiger partial charge in [-0.1, -0.05) is 12.1 Å². The number of morpholine rings is 1. The third-order valence-electron chi connectivity index (χ3n) is 4.42. The van der Waals surface area contributed by atoms with Gasteiger partial charge in [0.05, 0.1) is 17.1 Å². The molecule has 0 bridgehead atoms. The number of nitrogens with zero attached hydrogens (tertiary/aromatic N) is 1. The summed E-state index contributed by atoms with van der Waals surface area (Å²) in [6.07, 6.45) is -0.300. The van der Waals surface area contributed by atoms with Crippen LogP contribution in [0.5, 0.6) is 0 Å². The van der Waals surface area contributed by atoms with E-state index in [2.05, 4.69) is 5.32 Å². The van der Waals surface area contributed by atoms with Crippen molar-refractivity contribution in [2.45, 2.75) is 37.9 Å². The first kappa shape index (κ1) is 19.5. The SMILES string of the molecule is Cc1cccc(NC(=O)c2ccc(S(=O)(=O)N3C[C@@H](C)O[C@H](C)C3)cc2)c1. The van der Waals surface area contributed by atoms with Gasteiger partial charge in [-0.15, -0.1) is 0 Å². The van der Waals surface area contributed by atoms with Crippen LogP contribution >= 0.6 is 0 Å². The number of benzene rings is 2. The van der Waals surface area contributed by atoms with Crippen LogP contribution in [-0.4, -0.2) is 43.9 Å². The number of nitrogens with one attached hydrogen (secondary N) is 1. The van der Waals surface area contributed by atoms with E-state index >= 15 is 0 Å². The highest BCUT2D eigenvalue weighted by molar-refractivity contribution is 7.89. The van der Waals surface area contributed by atoms with Gasteiger partial charge < -0.3 is 10.1 Å². The van der Waals surface area contributed by atoms with Gasteiger partial charge in [0.25, 0.3) is 5.91 Å². The number of carbonyl (C=O) groups is 1. The first-order chi connectivity index (χ1) is 12.8. The van der Waals surface area contributed by atoms with Gasteiger partial charge in [-0.25, -0.2) is 8.42 Å². The Labute approximate surface area is 160 Å². The van der Waals surface area contributed by atoms with Crippen molar-refractivity contribution in [3.8, 4) is 0 Å². The molecule has 7 heteroatoms. The molecule has 144 valence electrons. The topological polar surface area (TPSA) is 75.7 Å². The van der Waals surface area contributed by atoms with Crippen molar-refractivity contribution in [3.05, 3.63) is 59.7 Å². The Bertz CT molecular complexity index is 915. The van der Waals surface area contributed by atoms with Gasteiger partial charge in [-0.3, -0.25) is 4.79 Å². The highest BCUT2D eigenvalue weighted by Gasteiger charge is 2.32. The summed E-state index contributed by atoms with van der Waals surface area (Å²) in [5.74, 6) is -0.279. The average molecular weight is 388 g/mol. The number of hydrogen-bond acceptors (Lipinski definition) is 4. The van der Waals surface area contributed by atoms with Crippen LogP contribution in [0.1, 0.15) is 29.8 Å². The average Bonchev–Trinajstić information content (AvgIpc) is 2.61. The summed E-state index contributed by atoms with van der Waals surface area (Å²) in [6.45, 7) is 6.31. The predicted octanol–water partition coefficient (Wildman–Crippen LogP) is 3.05. The third-order valence-corrected chi connectivity index (χ3v) is 6.26. The Morgan fingerprint density at radius 2 is 1.70 bits per heavy atom. The Hall–Kier alpha value is -2.22. The van der Waals surface area contributed by atoms with Crippen molar-refractivity contribution in [2.75, 3.05) is 18.4 Å². The first-order valence-electron chi connectivity index (χ1n) is 8.89. The number of anilines is 1. The standard InChI is InChI=1S/C20H24N2O4S/c1-14-5-4-6-18(11-14)21-20(23)17-7-9-19(10-8-17)27(24,25)22-12-15(2)26-16(3)13-22/h4-11,15-16H,12-13H2,1-3H3,(H,21,23)/t15-,16-/m1/s1. The van der Waals surface area contributed by atoms with E-state index in [0.29, 0.717) is 24.3 Å². The number of ether oxygens (including phenoxy) is 1. The van der Waals surface area contributed by atoms with Crippen LogP contribution in [0.2, 0.25) is 0 Å². The number of rotatable bonds is 4. The van der Waals surface area contributed by atoms with E-state index in [1.165, 1.54) is 28.6 Å². The lowest BCUT2D eigenvalue weighted by Gasteiger charge is -2.34. The maximum absolute atomic E-state index is 12.9. The molecule has 0 radical (unpaired) electrons. The summed E-state index contributed by atoms with van der Waals surface area (Å²) in [7, 11) is -3.61. The maximum Gasteiger partial charge on any atom is 0.255 e. The fraction of sp³-hybridized carbons (Fsp3) is 0.350. The smallest absolute Gasteiger partial charge is 0.255 e. The molecule has 27 heavy (non-hydrogen) atoms. The number of sulfonamides is 1. The lowest BCUT2D eigenvalue weighted by molar-refractivity contribution is -0.0440. The van der Waals surface area contributed by atoms with E-state index in [9.17, 15) is 13.2 Å². The molecule has 1 aliphatic heterocycles. The molecular formula is C20H24N2O4S. The molecule has 1 saturated heterocycles. The molecule has 6 nitrogen and oxygen atoms in total. The summed E-state index contributed by atoms with van der Waals surface area (Å²) in [5, 5.41) is 2.82. The Morgan fingerprint density at radius 3 is 2.30 bits per heavy atom. The summed E-state index contributed by atoms with van der Waals surface area (Å²) >= 11 is 0. The van der Waals surface area contributed by atoms with Crippen LogP contribution in [0.3, 0.4) is 0 Å². The summed E-state index contributed by atoms with van der Waals surface area (Å²) in [5.41, 5.74) is 2.15. The van der Waals surface area contributed by atoms with Gasteiger partial charge in [0.2, 0.25) is 10.0 Å². The van der Waals surface area contributed by atoms with Crippen molar-refractivity contribution in [1.82, 2.24) is 4.31 Å². The molecule has 1 fully saturated rings. The maximum atomic E-state index is 12.9. The second-order valence-corrected chi connectivity index (χ2v) is 8.87. The monoisotopic (exact) mass is 388 g/mol. The van der Waals surface area contributed by atoms with Crippen LogP contribution in [0, 0.1) is 6.92 Å². The van der Waals surface area contributed by atoms with Crippen LogP contribution in [0.25, 0.3) is 0 Å². The van der Waals surface area contributed by atoms with Crippen molar-refractivity contribution in [1.29, 1.82) is 0 Å². The van der Waals surface area contributed by atoms with E-state index in [4.69, 9.17) is 4.74 Å². The molecule has 0 spiro atoms. The molecule has 0 saturated carbocycles. The molecule has 0 aromatic heterocycles. The molecule has 1 aliphatic rings. The number of carbonyl (C=O) groups excluding carboxylic acids is 1. The molecule has 2 aromatic carbocycles. The lowest BCUT2D eigenvalue weighted by Crippen LogP contribution is -2.48. The second kappa shape index (κ2) is 7.80. The van der Waals surface area contributed by atoms with E-state index in [1.807, 2.05) is 45.0 Å². The zero-order valence-corrected chi connectivity index (χ0v) is 16.5. The van der Waals surface area contributed by atoms with E-state index in [-0.39, 0.29) is 23.0 Å². The lowest BCUT2D eigenvalue weighted by atomic mass is 10.2. The fourth-order valence-electron chi connectivity index (χ4n) is 3.18.